The van der Waals surface area contributed by atoms with Crippen LogP contribution < -0.4 is 11.6 Å². The van der Waals surface area contributed by atoms with Crippen LogP contribution in [-0.2, 0) is 64.9 Å². The Labute approximate surface area is 224 Å². The van der Waals surface area contributed by atoms with Crippen molar-refractivity contribution in [2.45, 2.75) is 13.8 Å². The number of fused-ring (bicyclic) bond motifs is 2. The van der Waals surface area contributed by atoms with Gasteiger partial charge in [-0.2, -0.15) is 0 Å². The van der Waals surface area contributed by atoms with Gasteiger partial charge in [-0.05, 0) is 0 Å². The molecular weight excluding hydrogens is 833 g/mol. The van der Waals surface area contributed by atoms with Gasteiger partial charge in [0.2, 0.25) is 0 Å². The summed E-state index contributed by atoms with van der Waals surface area (Å²) in [5.74, 6) is -1.91. The van der Waals surface area contributed by atoms with E-state index in [1.807, 2.05) is 0 Å². The molecule has 4 rings (SSSR count). The Morgan fingerprint density at radius 3 is 2.20 bits per heavy atom. The van der Waals surface area contributed by atoms with Gasteiger partial charge >= 0.3 is 226 Å². The van der Waals surface area contributed by atoms with Gasteiger partial charge < -0.3 is 0 Å². The van der Waals surface area contributed by atoms with Gasteiger partial charge in [-0.15, -0.1) is 0 Å². The molecule has 0 radical (unpaired) electrons. The predicted octanol–water partition coefficient (Wildman–Crippen LogP) is 2.34. The summed E-state index contributed by atoms with van der Waals surface area (Å²) in [7, 11) is 0. The molecule has 2 N–H and O–H groups in total. The number of aromatic carboxylic acids is 1. The van der Waals surface area contributed by atoms with Crippen LogP contribution in [0.4, 0.5) is 0 Å². The fraction of sp³-hybridized carbons (Fsp3) is 0.0833. The standard InChI is InChI=1S/C20H10O5.2C2H4O2.2Hg/c21-11-5-7-15-17(9-11)25-18-10-12(22)6-8-16(18)19(15)13-3-1-2-4-14(13)20(23)24;2*1-2(3)4;;/h1-4,7-10,21H,(H,23,24);2*1H3,(H,3,4);;/q;;;2*+1/p-2. The van der Waals surface area contributed by atoms with E-state index in [-0.39, 0.29) is 28.1 Å². The molecule has 0 fully saturated rings. The second kappa shape index (κ2) is 10.4. The molecule has 2 aromatic carbocycles. The van der Waals surface area contributed by atoms with Crippen molar-refractivity contribution in [3.63, 3.8) is 0 Å². The Morgan fingerprint density at radius 2 is 1.54 bits per heavy atom. The van der Waals surface area contributed by atoms with Gasteiger partial charge in [0, 0.05) is 0 Å². The SMILES string of the molecule is CC(=O)[O][Hg][c]1cc2c(-c3ccccc3C(=O)O)c3c[c]([Hg][O]C(C)=O)c(=O)cc-3oc2cc1O. The average molecular weight is 850 g/mol. The molecule has 2 aromatic rings. The maximum atomic E-state index is 12.7. The van der Waals surface area contributed by atoms with E-state index in [0.717, 1.165) is 0 Å². The second-order valence-corrected chi connectivity index (χ2v) is 18.2. The number of carbonyl (C=O) groups excluding carboxylic acids is 2. The fourth-order valence-electron chi connectivity index (χ4n) is 3.81. The number of aromatic hydroxyl groups is 1. The molecule has 11 heteroatoms. The summed E-state index contributed by atoms with van der Waals surface area (Å²) in [6.45, 7) is 2.58. The van der Waals surface area contributed by atoms with E-state index in [2.05, 4.69) is 0 Å². The quantitative estimate of drug-likeness (QED) is 0.221. The van der Waals surface area contributed by atoms with Crippen molar-refractivity contribution in [3.05, 3.63) is 64.3 Å². The number of rotatable bonds is 6. The van der Waals surface area contributed by atoms with Gasteiger partial charge in [0.1, 0.15) is 0 Å². The number of benzene rings is 3. The zero-order valence-electron chi connectivity index (χ0n) is 18.8. The van der Waals surface area contributed by atoms with Crippen molar-refractivity contribution in [1.29, 1.82) is 0 Å². The van der Waals surface area contributed by atoms with Gasteiger partial charge in [0.25, 0.3) is 0 Å². The molecule has 0 spiro atoms. The van der Waals surface area contributed by atoms with Crippen LogP contribution in [0, 0.1) is 0 Å². The Kier molecular flexibility index (Phi) is 7.56. The van der Waals surface area contributed by atoms with E-state index in [4.69, 9.17) is 9.71 Å². The summed E-state index contributed by atoms with van der Waals surface area (Å²) in [6.07, 6.45) is 0. The summed E-state index contributed by atoms with van der Waals surface area (Å²) in [6, 6.07) is 12.4. The van der Waals surface area contributed by atoms with Crippen LogP contribution in [0.3, 0.4) is 0 Å². The molecule has 0 saturated carbocycles. The zero-order valence-corrected chi connectivity index (χ0v) is 29.8. The zero-order chi connectivity index (χ0) is 25.3. The first kappa shape index (κ1) is 25.3. The number of phenols is 1. The van der Waals surface area contributed by atoms with Gasteiger partial charge in [-0.1, -0.05) is 0 Å². The monoisotopic (exact) mass is 852 g/mol. The Morgan fingerprint density at radius 1 is 0.886 bits per heavy atom. The first-order valence-electron chi connectivity index (χ1n) is 10.5. The molecule has 2 aliphatic rings. The summed E-state index contributed by atoms with van der Waals surface area (Å²) in [5, 5.41) is 20.9. The minimum atomic E-state index is -2.54. The first-order valence-corrected chi connectivity index (χ1v) is 20.5. The molecule has 35 heavy (non-hydrogen) atoms. The number of carboxylic acid groups (broad SMARTS) is 1. The van der Waals surface area contributed by atoms with Crippen molar-refractivity contribution >= 4 is 35.0 Å². The van der Waals surface area contributed by atoms with Gasteiger partial charge in [0.15, 0.2) is 0 Å². The predicted molar refractivity (Wildman–Crippen MR) is 116 cm³/mol. The molecule has 1 aliphatic carbocycles. The van der Waals surface area contributed by atoms with Crippen LogP contribution in [0.5, 0.6) is 5.75 Å². The molecule has 0 saturated heterocycles. The molecule has 0 amide bonds. The Bertz CT molecular complexity index is 1520. The van der Waals surface area contributed by atoms with Crippen molar-refractivity contribution in [2.24, 2.45) is 0 Å². The Hall–Kier alpha value is -2.79. The normalized spacial score (nSPS) is 10.5. The number of phenolic OH excluding ortho intramolecular Hbond substituents is 1. The molecule has 9 nitrogen and oxygen atoms in total. The van der Waals surface area contributed by atoms with Crippen molar-refractivity contribution in [3.8, 4) is 28.2 Å². The van der Waals surface area contributed by atoms with Crippen LogP contribution in [0.15, 0.2) is 57.7 Å². The van der Waals surface area contributed by atoms with Crippen LogP contribution >= 0.6 is 0 Å². The van der Waals surface area contributed by atoms with Crippen LogP contribution in [0.25, 0.3) is 33.4 Å². The van der Waals surface area contributed by atoms with E-state index < -0.39 is 68.0 Å². The molecular formula is C24H16Hg2O9. The Balaban J connectivity index is 2.10. The van der Waals surface area contributed by atoms with E-state index in [9.17, 15) is 29.4 Å². The van der Waals surface area contributed by atoms with Crippen molar-refractivity contribution in [2.75, 3.05) is 0 Å². The molecule has 170 valence electrons. The first-order chi connectivity index (χ1) is 16.7. The van der Waals surface area contributed by atoms with Crippen molar-refractivity contribution < 1.29 is 84.4 Å². The van der Waals surface area contributed by atoms with Gasteiger partial charge in [-0.3, -0.25) is 0 Å². The van der Waals surface area contributed by atoms with E-state index in [0.29, 0.717) is 28.2 Å². The van der Waals surface area contributed by atoms with Gasteiger partial charge in [0.05, 0.1) is 0 Å². The van der Waals surface area contributed by atoms with Crippen LogP contribution in [-0.4, -0.2) is 28.1 Å². The second-order valence-electron chi connectivity index (χ2n) is 7.82. The minimum absolute atomic E-state index is 0.0397. The summed E-state index contributed by atoms with van der Waals surface area (Å²) in [5.41, 5.74) is 1.32. The molecule has 0 atom stereocenters. The molecule has 0 bridgehead atoms. The molecule has 1 heterocycles. The van der Waals surface area contributed by atoms with E-state index >= 15 is 0 Å². The fourth-order valence-corrected chi connectivity index (χ4v) is 10.8. The number of carboxylic acids is 1. The van der Waals surface area contributed by atoms with Crippen molar-refractivity contribution in [1.82, 2.24) is 0 Å². The summed E-state index contributed by atoms with van der Waals surface area (Å²) >= 11 is -5.04. The van der Waals surface area contributed by atoms with E-state index in [1.165, 1.54) is 32.0 Å². The number of carbonyl (C=O) groups is 3. The number of hydrogen-bond acceptors (Lipinski definition) is 8. The van der Waals surface area contributed by atoms with E-state index in [1.54, 1.807) is 30.3 Å². The third-order valence-corrected chi connectivity index (χ3v) is 16.4. The maximum absolute atomic E-state index is 12.7. The van der Waals surface area contributed by atoms with Crippen LogP contribution in [0.2, 0.25) is 0 Å². The summed E-state index contributed by atoms with van der Waals surface area (Å²) < 4.78 is 17.4. The van der Waals surface area contributed by atoms with Gasteiger partial charge in [-0.25, -0.2) is 0 Å². The molecule has 0 aromatic heterocycles. The third kappa shape index (κ3) is 5.40. The average Bonchev–Trinajstić information content (AvgIpc) is 2.80. The molecule has 0 unspecified atom stereocenters. The molecule has 1 aliphatic heterocycles. The van der Waals surface area contributed by atoms with Crippen LogP contribution in [0.1, 0.15) is 24.2 Å². The summed E-state index contributed by atoms with van der Waals surface area (Å²) in [4.78, 5) is 47.5. The third-order valence-electron chi connectivity index (χ3n) is 5.39. The topological polar surface area (TPSA) is 140 Å². The number of hydrogen-bond donors (Lipinski definition) is 2.